The third-order valence-corrected chi connectivity index (χ3v) is 5.24. The average molecular weight is 395 g/mol. The molecular formula is C21H22N4O2S. The van der Waals surface area contributed by atoms with E-state index in [-0.39, 0.29) is 17.7 Å². The van der Waals surface area contributed by atoms with E-state index in [1.807, 2.05) is 67.6 Å². The highest BCUT2D eigenvalue weighted by atomic mass is 32.1. The Hall–Kier alpha value is -3.06. The Morgan fingerprint density at radius 3 is 2.25 bits per heavy atom. The number of nitrogens with one attached hydrogen (secondary N) is 2. The summed E-state index contributed by atoms with van der Waals surface area (Å²) in [7, 11) is 0. The zero-order chi connectivity index (χ0) is 19.9. The summed E-state index contributed by atoms with van der Waals surface area (Å²) in [6.45, 7) is 3.61. The van der Waals surface area contributed by atoms with E-state index in [4.69, 9.17) is 0 Å². The topological polar surface area (TPSA) is 84.0 Å². The van der Waals surface area contributed by atoms with Crippen molar-refractivity contribution in [2.45, 2.75) is 32.2 Å². The molecule has 2 aromatic carbocycles. The number of hydrogen-bond acceptors (Lipinski definition) is 5. The molecule has 3 aromatic rings. The minimum Gasteiger partial charge on any atom is -0.344 e. The minimum atomic E-state index is -0.686. The molecule has 7 heteroatoms. The number of hydrogen-bond donors (Lipinski definition) is 2. The summed E-state index contributed by atoms with van der Waals surface area (Å²) in [6.07, 6.45) is 0.654. The monoisotopic (exact) mass is 394 g/mol. The molecule has 0 saturated carbocycles. The highest BCUT2D eigenvalue weighted by Crippen LogP contribution is 2.26. The number of carbonyl (C=O) groups is 2. The normalized spacial score (nSPS) is 12.8. The molecule has 0 bridgehead atoms. The molecule has 0 radical (unpaired) electrons. The van der Waals surface area contributed by atoms with Crippen LogP contribution in [0.3, 0.4) is 0 Å². The molecule has 1 heterocycles. The Balaban J connectivity index is 1.60. The summed E-state index contributed by atoms with van der Waals surface area (Å²) in [6, 6.07) is 18.5. The Bertz CT molecular complexity index is 928. The van der Waals surface area contributed by atoms with Crippen molar-refractivity contribution in [1.82, 2.24) is 15.5 Å². The second-order valence-electron chi connectivity index (χ2n) is 6.37. The molecule has 2 N–H and O–H groups in total. The Morgan fingerprint density at radius 2 is 1.61 bits per heavy atom. The van der Waals surface area contributed by atoms with Crippen LogP contribution in [-0.2, 0) is 9.59 Å². The average Bonchev–Trinajstić information content (AvgIpc) is 3.18. The smallest absolute Gasteiger partial charge is 0.248 e. The molecule has 0 fully saturated rings. The number of benzene rings is 2. The van der Waals surface area contributed by atoms with Crippen LogP contribution < -0.4 is 10.6 Å². The van der Waals surface area contributed by atoms with Crippen LogP contribution in [0.15, 0.2) is 60.7 Å². The molecular weight excluding hydrogens is 372 g/mol. The number of carbonyl (C=O) groups excluding carboxylic acids is 2. The summed E-state index contributed by atoms with van der Waals surface area (Å²) < 4.78 is 0. The van der Waals surface area contributed by atoms with Gasteiger partial charge < -0.3 is 5.32 Å². The maximum Gasteiger partial charge on any atom is 0.248 e. The highest BCUT2D eigenvalue weighted by molar-refractivity contribution is 7.18. The first-order valence-electron chi connectivity index (χ1n) is 9.13. The summed E-state index contributed by atoms with van der Waals surface area (Å²) in [5.41, 5.74) is 1.88. The molecule has 0 spiro atoms. The van der Waals surface area contributed by atoms with Gasteiger partial charge in [0.15, 0.2) is 0 Å². The van der Waals surface area contributed by atoms with Gasteiger partial charge in [0.05, 0.1) is 5.92 Å². The predicted molar refractivity (Wildman–Crippen MR) is 111 cm³/mol. The van der Waals surface area contributed by atoms with Gasteiger partial charge in [-0.05, 0) is 18.9 Å². The van der Waals surface area contributed by atoms with Gasteiger partial charge in [-0.15, -0.1) is 10.2 Å². The van der Waals surface area contributed by atoms with Crippen molar-refractivity contribution in [3.05, 3.63) is 66.2 Å². The van der Waals surface area contributed by atoms with Crippen molar-refractivity contribution in [2.24, 2.45) is 0 Å². The lowest BCUT2D eigenvalue weighted by Crippen LogP contribution is -2.43. The number of aromatic nitrogens is 2. The molecule has 2 atom stereocenters. The quantitative estimate of drug-likeness (QED) is 0.638. The molecule has 28 heavy (non-hydrogen) atoms. The highest BCUT2D eigenvalue weighted by Gasteiger charge is 2.23. The SMILES string of the molecule is CC[C@@H](C(=O)N[C@H](C)C(=O)Nc1nnc(-c2ccccc2)s1)c1ccccc1. The van der Waals surface area contributed by atoms with Crippen LogP contribution in [0.2, 0.25) is 0 Å². The number of nitrogens with zero attached hydrogens (tertiary/aromatic N) is 2. The third kappa shape index (κ3) is 4.80. The van der Waals surface area contributed by atoms with Gasteiger partial charge >= 0.3 is 0 Å². The van der Waals surface area contributed by atoms with E-state index >= 15 is 0 Å². The van der Waals surface area contributed by atoms with E-state index in [1.54, 1.807) is 6.92 Å². The molecule has 0 aliphatic heterocycles. The van der Waals surface area contributed by atoms with Gasteiger partial charge in [0.1, 0.15) is 11.0 Å². The molecule has 0 aliphatic carbocycles. The van der Waals surface area contributed by atoms with Crippen LogP contribution in [0.25, 0.3) is 10.6 Å². The molecule has 2 amide bonds. The van der Waals surface area contributed by atoms with Crippen LogP contribution in [0.1, 0.15) is 31.7 Å². The first-order chi connectivity index (χ1) is 13.6. The molecule has 0 unspecified atom stereocenters. The van der Waals surface area contributed by atoms with Gasteiger partial charge in [0.2, 0.25) is 16.9 Å². The molecule has 0 saturated heterocycles. The van der Waals surface area contributed by atoms with E-state index in [2.05, 4.69) is 20.8 Å². The maximum absolute atomic E-state index is 12.6. The van der Waals surface area contributed by atoms with E-state index in [1.165, 1.54) is 11.3 Å². The predicted octanol–water partition coefficient (Wildman–Crippen LogP) is 3.84. The Labute approximate surface area is 168 Å². The fraction of sp³-hybridized carbons (Fsp3) is 0.238. The lowest BCUT2D eigenvalue weighted by Gasteiger charge is -2.19. The summed E-state index contributed by atoms with van der Waals surface area (Å²) in [4.78, 5) is 25.1. The van der Waals surface area contributed by atoms with Crippen LogP contribution in [0, 0.1) is 0 Å². The molecule has 0 aliphatic rings. The summed E-state index contributed by atoms with van der Waals surface area (Å²) in [5.74, 6) is -0.784. The third-order valence-electron chi connectivity index (χ3n) is 4.35. The maximum atomic E-state index is 12.6. The van der Waals surface area contributed by atoms with E-state index in [9.17, 15) is 9.59 Å². The second kappa shape index (κ2) is 9.23. The standard InChI is InChI=1S/C21H22N4O2S/c1-3-17(15-10-6-4-7-11-15)19(27)22-14(2)18(26)23-21-25-24-20(28-21)16-12-8-5-9-13-16/h4-14,17H,3H2,1-2H3,(H,22,27)(H,23,25,26)/t14-,17-/m1/s1. The van der Waals surface area contributed by atoms with Crippen molar-refractivity contribution < 1.29 is 9.59 Å². The van der Waals surface area contributed by atoms with Crippen molar-refractivity contribution in [2.75, 3.05) is 5.32 Å². The van der Waals surface area contributed by atoms with Gasteiger partial charge in [-0.3, -0.25) is 14.9 Å². The van der Waals surface area contributed by atoms with Gasteiger partial charge in [0, 0.05) is 5.56 Å². The van der Waals surface area contributed by atoms with Crippen LogP contribution >= 0.6 is 11.3 Å². The van der Waals surface area contributed by atoms with Crippen LogP contribution in [0.5, 0.6) is 0 Å². The summed E-state index contributed by atoms with van der Waals surface area (Å²) >= 11 is 1.29. The zero-order valence-electron chi connectivity index (χ0n) is 15.8. The number of rotatable bonds is 7. The fourth-order valence-electron chi connectivity index (χ4n) is 2.82. The van der Waals surface area contributed by atoms with Crippen molar-refractivity contribution in [1.29, 1.82) is 0 Å². The zero-order valence-corrected chi connectivity index (χ0v) is 16.6. The van der Waals surface area contributed by atoms with Gasteiger partial charge in [-0.2, -0.15) is 0 Å². The van der Waals surface area contributed by atoms with E-state index < -0.39 is 6.04 Å². The van der Waals surface area contributed by atoms with Crippen molar-refractivity contribution in [3.63, 3.8) is 0 Å². The van der Waals surface area contributed by atoms with Crippen molar-refractivity contribution >= 4 is 28.3 Å². The Kier molecular flexibility index (Phi) is 6.49. The van der Waals surface area contributed by atoms with Gasteiger partial charge in [-0.25, -0.2) is 0 Å². The molecule has 3 rings (SSSR count). The molecule has 6 nitrogen and oxygen atoms in total. The largest absolute Gasteiger partial charge is 0.344 e. The Morgan fingerprint density at radius 1 is 0.964 bits per heavy atom. The number of anilines is 1. The van der Waals surface area contributed by atoms with Crippen molar-refractivity contribution in [3.8, 4) is 10.6 Å². The van der Waals surface area contributed by atoms with Crippen LogP contribution in [0.4, 0.5) is 5.13 Å². The van der Waals surface area contributed by atoms with E-state index in [0.717, 1.165) is 16.1 Å². The van der Waals surface area contributed by atoms with Gasteiger partial charge in [-0.1, -0.05) is 78.9 Å². The van der Waals surface area contributed by atoms with Crippen LogP contribution in [-0.4, -0.2) is 28.1 Å². The first kappa shape index (κ1) is 19.7. The first-order valence-corrected chi connectivity index (χ1v) is 9.95. The lowest BCUT2D eigenvalue weighted by atomic mass is 9.95. The van der Waals surface area contributed by atoms with E-state index in [0.29, 0.717) is 11.6 Å². The molecule has 1 aromatic heterocycles. The minimum absolute atomic E-state index is 0.168. The fourth-order valence-corrected chi connectivity index (χ4v) is 3.57. The molecule has 144 valence electrons. The lowest BCUT2D eigenvalue weighted by molar-refractivity contribution is -0.127. The second-order valence-corrected chi connectivity index (χ2v) is 7.35. The summed E-state index contributed by atoms with van der Waals surface area (Å²) in [5, 5.41) is 14.8. The number of amides is 2. The van der Waals surface area contributed by atoms with Gasteiger partial charge in [0.25, 0.3) is 0 Å².